The Morgan fingerprint density at radius 1 is 1.35 bits per heavy atom. The minimum Gasteiger partial charge on any atom is -0.391 e. The van der Waals surface area contributed by atoms with E-state index < -0.39 is 0 Å². The van der Waals surface area contributed by atoms with Crippen LogP contribution in [0.5, 0.6) is 0 Å². The number of rotatable bonds is 3. The van der Waals surface area contributed by atoms with Crippen LogP contribution in [0.25, 0.3) is 10.9 Å². The van der Waals surface area contributed by atoms with Crippen molar-refractivity contribution in [1.29, 1.82) is 5.26 Å². The van der Waals surface area contributed by atoms with Gasteiger partial charge in [-0.1, -0.05) is 13.8 Å². The summed E-state index contributed by atoms with van der Waals surface area (Å²) in [5.41, 5.74) is 1.73. The molecule has 1 atom stereocenters. The first-order valence-electron chi connectivity index (χ1n) is 5.79. The van der Waals surface area contributed by atoms with Gasteiger partial charge in [-0.3, -0.25) is 0 Å². The maximum Gasteiger partial charge on any atom is 0.0991 e. The average Bonchev–Trinajstić information content (AvgIpc) is 2.71. The number of aliphatic hydroxyl groups is 1. The van der Waals surface area contributed by atoms with Gasteiger partial charge < -0.3 is 9.67 Å². The lowest BCUT2D eigenvalue weighted by atomic mass is 10.1. The predicted molar refractivity (Wildman–Crippen MR) is 67.5 cm³/mol. The van der Waals surface area contributed by atoms with Crippen molar-refractivity contribution >= 4 is 10.9 Å². The molecule has 0 aliphatic carbocycles. The molecule has 1 aromatic carbocycles. The Hall–Kier alpha value is -1.79. The average molecular weight is 228 g/mol. The van der Waals surface area contributed by atoms with Gasteiger partial charge in [0.25, 0.3) is 0 Å². The normalized spacial score (nSPS) is 12.9. The number of hydrogen-bond donors (Lipinski definition) is 1. The number of hydrogen-bond acceptors (Lipinski definition) is 2. The summed E-state index contributed by atoms with van der Waals surface area (Å²) in [6, 6.07) is 9.71. The maximum atomic E-state index is 9.89. The fraction of sp³-hybridized carbons (Fsp3) is 0.357. The molecule has 0 aliphatic heterocycles. The fourth-order valence-corrected chi connectivity index (χ4v) is 1.84. The Balaban J connectivity index is 2.34. The highest BCUT2D eigenvalue weighted by Gasteiger charge is 2.11. The summed E-state index contributed by atoms with van der Waals surface area (Å²) in [4.78, 5) is 0. The van der Waals surface area contributed by atoms with Crippen LogP contribution in [0.1, 0.15) is 19.4 Å². The molecule has 0 saturated heterocycles. The van der Waals surface area contributed by atoms with Gasteiger partial charge in [0, 0.05) is 23.6 Å². The molecule has 17 heavy (non-hydrogen) atoms. The minimum atomic E-state index is -0.346. The summed E-state index contributed by atoms with van der Waals surface area (Å²) < 4.78 is 2.03. The van der Waals surface area contributed by atoms with Gasteiger partial charge in [-0.05, 0) is 30.2 Å². The molecule has 0 aliphatic rings. The second-order valence-electron chi connectivity index (χ2n) is 4.66. The zero-order valence-electron chi connectivity index (χ0n) is 10.1. The van der Waals surface area contributed by atoms with Crippen molar-refractivity contribution in [2.75, 3.05) is 0 Å². The van der Waals surface area contributed by atoms with Crippen LogP contribution in [0, 0.1) is 17.2 Å². The molecule has 88 valence electrons. The van der Waals surface area contributed by atoms with E-state index in [9.17, 15) is 5.11 Å². The number of fused-ring (bicyclic) bond motifs is 1. The lowest BCUT2D eigenvalue weighted by Crippen LogP contribution is -2.21. The number of aliphatic hydroxyl groups excluding tert-OH is 1. The Labute approximate surface area is 101 Å². The molecule has 1 heterocycles. The number of nitrogens with zero attached hydrogens (tertiary/aromatic N) is 2. The molecule has 0 bridgehead atoms. The van der Waals surface area contributed by atoms with Crippen LogP contribution in [-0.2, 0) is 6.54 Å². The van der Waals surface area contributed by atoms with E-state index in [-0.39, 0.29) is 12.0 Å². The minimum absolute atomic E-state index is 0.242. The van der Waals surface area contributed by atoms with Crippen LogP contribution >= 0.6 is 0 Å². The fourth-order valence-electron chi connectivity index (χ4n) is 1.84. The highest BCUT2D eigenvalue weighted by molar-refractivity contribution is 5.81. The van der Waals surface area contributed by atoms with Crippen molar-refractivity contribution in [1.82, 2.24) is 4.57 Å². The Kier molecular flexibility index (Phi) is 3.16. The molecular formula is C14H16N2O. The molecule has 2 aromatic rings. The van der Waals surface area contributed by atoms with Crippen LogP contribution in [0.15, 0.2) is 30.5 Å². The van der Waals surface area contributed by atoms with Gasteiger partial charge in [-0.15, -0.1) is 0 Å². The smallest absolute Gasteiger partial charge is 0.0991 e. The van der Waals surface area contributed by atoms with Crippen LogP contribution in [0.4, 0.5) is 0 Å². The van der Waals surface area contributed by atoms with E-state index in [2.05, 4.69) is 6.07 Å². The van der Waals surface area contributed by atoms with Gasteiger partial charge in [0.1, 0.15) is 0 Å². The summed E-state index contributed by atoms with van der Waals surface area (Å²) in [7, 11) is 0. The van der Waals surface area contributed by atoms with E-state index in [1.54, 1.807) is 6.07 Å². The SMILES string of the molecule is CC(C)C(O)Cn1ccc2cc(C#N)ccc21. The first-order chi connectivity index (χ1) is 8.11. The predicted octanol–water partition coefficient (Wildman–Crippen LogP) is 2.53. The van der Waals surface area contributed by atoms with Crippen molar-refractivity contribution < 1.29 is 5.11 Å². The van der Waals surface area contributed by atoms with Crippen LogP contribution in [0.2, 0.25) is 0 Å². The summed E-state index contributed by atoms with van der Waals surface area (Å²) in [5.74, 6) is 0.242. The third-order valence-electron chi connectivity index (χ3n) is 3.05. The third kappa shape index (κ3) is 2.32. The molecule has 0 radical (unpaired) electrons. The Bertz CT molecular complexity index is 563. The standard InChI is InChI=1S/C14H16N2O/c1-10(2)14(17)9-16-6-5-12-7-11(8-15)3-4-13(12)16/h3-7,10,14,17H,9H2,1-2H3. The van der Waals surface area contributed by atoms with Crippen LogP contribution in [-0.4, -0.2) is 15.8 Å². The largest absolute Gasteiger partial charge is 0.391 e. The second kappa shape index (κ2) is 4.60. The van der Waals surface area contributed by atoms with E-state index in [0.29, 0.717) is 12.1 Å². The highest BCUT2D eigenvalue weighted by Crippen LogP contribution is 2.18. The Morgan fingerprint density at radius 2 is 2.12 bits per heavy atom. The summed E-state index contributed by atoms with van der Waals surface area (Å²) >= 11 is 0. The van der Waals surface area contributed by atoms with Crippen LogP contribution < -0.4 is 0 Å². The molecule has 0 spiro atoms. The molecule has 1 unspecified atom stereocenters. The van der Waals surface area contributed by atoms with Crippen molar-refractivity contribution in [2.24, 2.45) is 5.92 Å². The van der Waals surface area contributed by atoms with Gasteiger partial charge in [0.2, 0.25) is 0 Å². The quantitative estimate of drug-likeness (QED) is 0.877. The molecule has 0 amide bonds. The summed E-state index contributed by atoms with van der Waals surface area (Å²) in [5, 5.41) is 19.8. The van der Waals surface area contributed by atoms with Gasteiger partial charge >= 0.3 is 0 Å². The van der Waals surface area contributed by atoms with Crippen LogP contribution in [0.3, 0.4) is 0 Å². The summed E-state index contributed by atoms with van der Waals surface area (Å²) in [6.07, 6.45) is 1.61. The van der Waals surface area contributed by atoms with E-state index in [1.165, 1.54) is 0 Å². The molecular weight excluding hydrogens is 212 g/mol. The number of nitriles is 1. The molecule has 1 N–H and O–H groups in total. The van der Waals surface area contributed by atoms with E-state index in [4.69, 9.17) is 5.26 Å². The van der Waals surface area contributed by atoms with Gasteiger partial charge in [-0.2, -0.15) is 5.26 Å². The number of benzene rings is 1. The first kappa shape index (κ1) is 11.7. The third-order valence-corrected chi connectivity index (χ3v) is 3.05. The molecule has 1 aromatic heterocycles. The lowest BCUT2D eigenvalue weighted by molar-refractivity contribution is 0.108. The van der Waals surface area contributed by atoms with Crippen molar-refractivity contribution in [3.05, 3.63) is 36.0 Å². The summed E-state index contributed by atoms with van der Waals surface area (Å²) in [6.45, 7) is 4.60. The van der Waals surface area contributed by atoms with E-state index in [0.717, 1.165) is 10.9 Å². The van der Waals surface area contributed by atoms with Gasteiger partial charge in [0.05, 0.1) is 17.7 Å². The first-order valence-corrected chi connectivity index (χ1v) is 5.79. The monoisotopic (exact) mass is 228 g/mol. The van der Waals surface area contributed by atoms with Crippen molar-refractivity contribution in [3.8, 4) is 6.07 Å². The number of aromatic nitrogens is 1. The second-order valence-corrected chi connectivity index (χ2v) is 4.66. The molecule has 2 rings (SSSR count). The van der Waals surface area contributed by atoms with Crippen molar-refractivity contribution in [3.63, 3.8) is 0 Å². The topological polar surface area (TPSA) is 49.0 Å². The Morgan fingerprint density at radius 3 is 2.76 bits per heavy atom. The van der Waals surface area contributed by atoms with Gasteiger partial charge in [0.15, 0.2) is 0 Å². The molecule has 3 heteroatoms. The highest BCUT2D eigenvalue weighted by atomic mass is 16.3. The van der Waals surface area contributed by atoms with E-state index in [1.807, 2.05) is 42.8 Å². The zero-order chi connectivity index (χ0) is 12.4. The van der Waals surface area contributed by atoms with Gasteiger partial charge in [-0.25, -0.2) is 0 Å². The zero-order valence-corrected chi connectivity index (χ0v) is 10.1. The van der Waals surface area contributed by atoms with Crippen molar-refractivity contribution in [2.45, 2.75) is 26.5 Å². The molecule has 3 nitrogen and oxygen atoms in total. The molecule has 0 fully saturated rings. The van der Waals surface area contributed by atoms with E-state index >= 15 is 0 Å². The lowest BCUT2D eigenvalue weighted by Gasteiger charge is -2.15. The molecule has 0 saturated carbocycles. The maximum absolute atomic E-state index is 9.89.